The number of carboxylic acid groups (broad SMARTS) is 1. The van der Waals surface area contributed by atoms with Crippen molar-refractivity contribution in [3.8, 4) is 0 Å². The lowest BCUT2D eigenvalue weighted by atomic mass is 10.1. The second-order valence-corrected chi connectivity index (χ2v) is 4.99. The van der Waals surface area contributed by atoms with Gasteiger partial charge < -0.3 is 14.1 Å². The number of hydrogen-bond donors (Lipinski definition) is 1. The van der Waals surface area contributed by atoms with Crippen molar-refractivity contribution < 1.29 is 14.3 Å². The van der Waals surface area contributed by atoms with Crippen LogP contribution < -0.4 is 0 Å². The first-order valence-electron chi connectivity index (χ1n) is 6.62. The Morgan fingerprint density at radius 3 is 2.76 bits per heavy atom. The number of benzene rings is 1. The maximum atomic E-state index is 11.5. The molecule has 0 aliphatic rings. The molecule has 2 heterocycles. The number of carbonyl (C=O) groups is 1. The molecule has 0 fully saturated rings. The maximum Gasteiger partial charge on any atom is 0.337 e. The molecule has 6 heteroatoms. The lowest BCUT2D eigenvalue weighted by Crippen LogP contribution is -2.11. The average molecular weight is 285 g/mol. The number of fused-ring (bicyclic) bond motifs is 1. The number of nitrogens with zero attached hydrogens (tertiary/aromatic N) is 3. The van der Waals surface area contributed by atoms with E-state index in [0.717, 1.165) is 11.6 Å². The van der Waals surface area contributed by atoms with E-state index >= 15 is 0 Å². The maximum absolute atomic E-state index is 11.5. The Morgan fingerprint density at radius 1 is 1.38 bits per heavy atom. The van der Waals surface area contributed by atoms with Crippen molar-refractivity contribution in [3.05, 3.63) is 47.4 Å². The van der Waals surface area contributed by atoms with Crippen LogP contribution in [0.2, 0.25) is 0 Å². The fraction of sp³-hybridized carbons (Fsp3) is 0.267. The summed E-state index contributed by atoms with van der Waals surface area (Å²) in [6.45, 7) is 5.58. The Bertz CT molecular complexity index is 832. The van der Waals surface area contributed by atoms with Crippen LogP contribution in [0.3, 0.4) is 0 Å². The van der Waals surface area contributed by atoms with Gasteiger partial charge >= 0.3 is 5.97 Å². The van der Waals surface area contributed by atoms with Crippen molar-refractivity contribution in [2.24, 2.45) is 0 Å². The Kier molecular flexibility index (Phi) is 3.01. The van der Waals surface area contributed by atoms with E-state index in [0.29, 0.717) is 16.9 Å². The normalized spacial score (nSPS) is 12.7. The monoisotopic (exact) mass is 285 g/mol. The zero-order chi connectivity index (χ0) is 15.1. The van der Waals surface area contributed by atoms with Gasteiger partial charge in [-0.15, -0.1) is 0 Å². The average Bonchev–Trinajstić information content (AvgIpc) is 3.00. The summed E-state index contributed by atoms with van der Waals surface area (Å²) < 4.78 is 7.42. The van der Waals surface area contributed by atoms with Crippen LogP contribution in [0, 0.1) is 13.8 Å². The highest BCUT2D eigenvalue weighted by molar-refractivity contribution is 6.01. The summed E-state index contributed by atoms with van der Waals surface area (Å²) in [6, 6.07) is 4.85. The van der Waals surface area contributed by atoms with Crippen molar-refractivity contribution in [1.82, 2.24) is 14.5 Å². The van der Waals surface area contributed by atoms with E-state index in [-0.39, 0.29) is 11.6 Å². The summed E-state index contributed by atoms with van der Waals surface area (Å²) in [5.41, 5.74) is 1.47. The highest BCUT2D eigenvalue weighted by Gasteiger charge is 2.22. The molecule has 6 nitrogen and oxygen atoms in total. The van der Waals surface area contributed by atoms with E-state index in [2.05, 4.69) is 9.97 Å². The Balaban J connectivity index is 2.26. The summed E-state index contributed by atoms with van der Waals surface area (Å²) in [5.74, 6) is 1.01. The number of rotatable bonds is 3. The van der Waals surface area contributed by atoms with Gasteiger partial charge in [0.1, 0.15) is 17.6 Å². The first-order valence-corrected chi connectivity index (χ1v) is 6.62. The molecular weight excluding hydrogens is 270 g/mol. The Morgan fingerprint density at radius 2 is 2.14 bits per heavy atom. The number of carboxylic acids is 1. The standard InChI is InChI=1S/C15H15N3O3/c1-8-7-16-14(21-8)9(2)18-10(3)17-12-6-4-5-11(13(12)18)15(19)20/h4-7,9H,1-3H3,(H,19,20). The van der Waals surface area contributed by atoms with Crippen LogP contribution in [0.25, 0.3) is 11.0 Å². The first kappa shape index (κ1) is 13.4. The van der Waals surface area contributed by atoms with Crippen molar-refractivity contribution in [2.45, 2.75) is 26.8 Å². The zero-order valence-electron chi connectivity index (χ0n) is 12.0. The van der Waals surface area contributed by atoms with Crippen molar-refractivity contribution in [2.75, 3.05) is 0 Å². The molecule has 0 amide bonds. The van der Waals surface area contributed by atoms with Gasteiger partial charge in [-0.25, -0.2) is 14.8 Å². The highest BCUT2D eigenvalue weighted by atomic mass is 16.4. The molecule has 0 bridgehead atoms. The molecule has 1 atom stereocenters. The molecule has 1 unspecified atom stereocenters. The number of oxazole rings is 1. The van der Waals surface area contributed by atoms with Crippen molar-refractivity contribution in [1.29, 1.82) is 0 Å². The molecule has 3 aromatic rings. The topological polar surface area (TPSA) is 81.2 Å². The predicted octanol–water partition coefficient (Wildman–Crippen LogP) is 2.95. The fourth-order valence-electron chi connectivity index (χ4n) is 2.59. The van der Waals surface area contributed by atoms with Crippen LogP contribution in [0.1, 0.15) is 40.8 Å². The van der Waals surface area contributed by atoms with Gasteiger partial charge in [0.05, 0.1) is 22.8 Å². The van der Waals surface area contributed by atoms with E-state index < -0.39 is 5.97 Å². The molecule has 1 N–H and O–H groups in total. The van der Waals surface area contributed by atoms with Crippen LogP contribution in [-0.4, -0.2) is 25.6 Å². The van der Waals surface area contributed by atoms with Gasteiger partial charge in [-0.05, 0) is 32.9 Å². The minimum Gasteiger partial charge on any atom is -0.478 e. The molecule has 3 rings (SSSR count). The largest absolute Gasteiger partial charge is 0.478 e. The first-order chi connectivity index (χ1) is 9.99. The molecule has 0 saturated carbocycles. The van der Waals surface area contributed by atoms with Crippen molar-refractivity contribution >= 4 is 17.0 Å². The summed E-state index contributed by atoms with van der Waals surface area (Å²) in [4.78, 5) is 20.1. The van der Waals surface area contributed by atoms with E-state index in [9.17, 15) is 9.90 Å². The molecule has 21 heavy (non-hydrogen) atoms. The van der Waals surface area contributed by atoms with E-state index in [1.807, 2.05) is 25.3 Å². The third-order valence-corrected chi connectivity index (χ3v) is 3.50. The van der Waals surface area contributed by atoms with E-state index in [4.69, 9.17) is 4.42 Å². The van der Waals surface area contributed by atoms with Gasteiger partial charge in [0, 0.05) is 0 Å². The van der Waals surface area contributed by atoms with Crippen LogP contribution >= 0.6 is 0 Å². The Hall–Kier alpha value is -2.63. The van der Waals surface area contributed by atoms with E-state index in [1.54, 1.807) is 24.4 Å². The van der Waals surface area contributed by atoms with Crippen molar-refractivity contribution in [3.63, 3.8) is 0 Å². The number of para-hydroxylation sites is 1. The van der Waals surface area contributed by atoms with Crippen LogP contribution in [0.5, 0.6) is 0 Å². The van der Waals surface area contributed by atoms with Gasteiger partial charge in [0.15, 0.2) is 0 Å². The van der Waals surface area contributed by atoms with Gasteiger partial charge in [-0.2, -0.15) is 0 Å². The number of aromatic carboxylic acids is 1. The van der Waals surface area contributed by atoms with Crippen LogP contribution in [0.15, 0.2) is 28.8 Å². The third kappa shape index (κ3) is 2.08. The highest BCUT2D eigenvalue weighted by Crippen LogP contribution is 2.28. The Labute approximate surface area is 121 Å². The minimum absolute atomic E-state index is 0.225. The summed E-state index contributed by atoms with van der Waals surface area (Å²) in [7, 11) is 0. The smallest absolute Gasteiger partial charge is 0.337 e. The lowest BCUT2D eigenvalue weighted by Gasteiger charge is -2.14. The number of hydrogen-bond acceptors (Lipinski definition) is 4. The molecule has 0 spiro atoms. The fourth-order valence-corrected chi connectivity index (χ4v) is 2.59. The van der Waals surface area contributed by atoms with Gasteiger partial charge in [0.25, 0.3) is 0 Å². The molecule has 108 valence electrons. The molecule has 2 aromatic heterocycles. The minimum atomic E-state index is -0.975. The molecule has 0 aliphatic heterocycles. The molecule has 1 aromatic carbocycles. The van der Waals surface area contributed by atoms with Gasteiger partial charge in [-0.3, -0.25) is 0 Å². The lowest BCUT2D eigenvalue weighted by molar-refractivity contribution is 0.0698. The third-order valence-electron chi connectivity index (χ3n) is 3.50. The number of aryl methyl sites for hydroxylation is 2. The SMILES string of the molecule is Cc1cnc(C(C)n2c(C)nc3cccc(C(=O)O)c32)o1. The van der Waals surface area contributed by atoms with Gasteiger partial charge in [-0.1, -0.05) is 6.07 Å². The molecular formula is C15H15N3O3. The zero-order valence-corrected chi connectivity index (χ0v) is 12.0. The summed E-state index contributed by atoms with van der Waals surface area (Å²) in [6.07, 6.45) is 1.65. The molecule has 0 saturated heterocycles. The predicted molar refractivity (Wildman–Crippen MR) is 76.5 cm³/mol. The van der Waals surface area contributed by atoms with E-state index in [1.165, 1.54) is 0 Å². The van der Waals surface area contributed by atoms with Gasteiger partial charge in [0.2, 0.25) is 5.89 Å². The van der Waals surface area contributed by atoms with Crippen LogP contribution in [0.4, 0.5) is 0 Å². The number of aromatic nitrogens is 3. The van der Waals surface area contributed by atoms with Crippen LogP contribution in [-0.2, 0) is 0 Å². The second kappa shape index (κ2) is 4.73. The quantitative estimate of drug-likeness (QED) is 0.800. The molecule has 0 aliphatic carbocycles. The summed E-state index contributed by atoms with van der Waals surface area (Å²) in [5, 5.41) is 9.39. The summed E-state index contributed by atoms with van der Waals surface area (Å²) >= 11 is 0. The molecule has 0 radical (unpaired) electrons. The second-order valence-electron chi connectivity index (χ2n) is 4.99. The number of imidazole rings is 1.